The van der Waals surface area contributed by atoms with E-state index in [1.54, 1.807) is 19.5 Å². The molecule has 0 saturated carbocycles. The molecule has 3 nitrogen and oxygen atoms in total. The molecule has 0 unspecified atom stereocenters. The number of hydrogen-bond donors (Lipinski definition) is 0. The number of aromatic nitrogens is 1. The molecule has 0 spiro atoms. The van der Waals surface area contributed by atoms with Gasteiger partial charge in [0.05, 0.1) is 6.61 Å². The number of hydrogen-bond acceptors (Lipinski definition) is 3. The van der Waals surface area contributed by atoms with E-state index < -0.39 is 0 Å². The highest BCUT2D eigenvalue weighted by molar-refractivity contribution is 9.10. The first-order valence-corrected chi connectivity index (χ1v) is 6.28. The Bertz CT molecular complexity index is 244. The fraction of sp³-hybridized carbons (Fsp3) is 0.583. The molecule has 0 radical (unpaired) electrons. The predicted octanol–water partition coefficient (Wildman–Crippen LogP) is 4.02. The summed E-state index contributed by atoms with van der Waals surface area (Å²) in [7, 11) is 1.60. The Morgan fingerprint density at radius 2 is 1.81 bits per heavy atom. The molecule has 0 aliphatic carbocycles. The molecule has 1 heterocycles. The fourth-order valence-corrected chi connectivity index (χ4v) is 1.19. The second-order valence-corrected chi connectivity index (χ2v) is 3.18. The van der Waals surface area contributed by atoms with E-state index in [2.05, 4.69) is 20.9 Å². The Hall–Kier alpha value is -0.450. The van der Waals surface area contributed by atoms with Crippen molar-refractivity contribution in [3.8, 4) is 0 Å². The van der Waals surface area contributed by atoms with Gasteiger partial charge in [-0.15, -0.1) is 0 Å². The lowest BCUT2D eigenvalue weighted by Gasteiger charge is -2.02. The van der Waals surface area contributed by atoms with E-state index >= 15 is 0 Å². The van der Waals surface area contributed by atoms with E-state index in [4.69, 9.17) is 9.47 Å². The van der Waals surface area contributed by atoms with Crippen LogP contribution in [-0.4, -0.2) is 18.9 Å². The van der Waals surface area contributed by atoms with Crippen molar-refractivity contribution in [1.29, 1.82) is 0 Å². The zero-order chi connectivity index (χ0) is 12.8. The average Bonchev–Trinajstić information content (AvgIpc) is 2.35. The van der Waals surface area contributed by atoms with Crippen molar-refractivity contribution in [1.82, 2.24) is 4.98 Å². The Morgan fingerprint density at radius 3 is 2.31 bits per heavy atom. The lowest BCUT2D eigenvalue weighted by molar-refractivity contribution is -0.0391. The second kappa shape index (κ2) is 14.6. The molecule has 0 bridgehead atoms. The van der Waals surface area contributed by atoms with Gasteiger partial charge in [-0.3, -0.25) is 4.98 Å². The van der Waals surface area contributed by atoms with Crippen LogP contribution in [0, 0.1) is 0 Å². The molecule has 1 aromatic heterocycles. The van der Waals surface area contributed by atoms with Gasteiger partial charge >= 0.3 is 0 Å². The summed E-state index contributed by atoms with van der Waals surface area (Å²) in [6.45, 7) is 8.84. The summed E-state index contributed by atoms with van der Waals surface area (Å²) in [6, 6.07) is 1.96. The van der Waals surface area contributed by atoms with Crippen LogP contribution in [0.1, 0.15) is 33.3 Å². The van der Waals surface area contributed by atoms with Crippen LogP contribution >= 0.6 is 15.9 Å². The first-order chi connectivity index (χ1) is 7.83. The number of nitrogens with zero attached hydrogens (tertiary/aromatic N) is 1. The minimum atomic E-state index is 0.312. The van der Waals surface area contributed by atoms with Gasteiger partial charge in [-0.25, -0.2) is 0 Å². The monoisotopic (exact) mass is 291 g/mol. The molecule has 0 saturated heterocycles. The molecule has 0 aliphatic rings. The van der Waals surface area contributed by atoms with Crippen LogP contribution in [0.5, 0.6) is 0 Å². The molecular weight excluding hydrogens is 270 g/mol. The minimum absolute atomic E-state index is 0.312. The molecule has 0 amide bonds. The minimum Gasteiger partial charge on any atom is -0.359 e. The summed E-state index contributed by atoms with van der Waals surface area (Å²) in [6.07, 6.45) is 3.50. The highest BCUT2D eigenvalue weighted by Gasteiger charge is 1.93. The van der Waals surface area contributed by atoms with Crippen molar-refractivity contribution in [2.45, 2.75) is 34.3 Å². The van der Waals surface area contributed by atoms with Gasteiger partial charge in [0.1, 0.15) is 6.79 Å². The molecule has 1 aromatic rings. The maximum atomic E-state index is 5.14. The van der Waals surface area contributed by atoms with Gasteiger partial charge in [0.15, 0.2) is 0 Å². The number of ether oxygens (including phenoxy) is 2. The maximum Gasteiger partial charge on any atom is 0.146 e. The van der Waals surface area contributed by atoms with E-state index in [-0.39, 0.29) is 0 Å². The summed E-state index contributed by atoms with van der Waals surface area (Å²) < 4.78 is 10.8. The lowest BCUT2D eigenvalue weighted by atomic mass is 10.3. The average molecular weight is 292 g/mol. The van der Waals surface area contributed by atoms with E-state index in [1.807, 2.05) is 33.8 Å². The predicted molar refractivity (Wildman–Crippen MR) is 71.3 cm³/mol. The third kappa shape index (κ3) is 10.1. The van der Waals surface area contributed by atoms with Gasteiger partial charge < -0.3 is 9.47 Å². The molecule has 16 heavy (non-hydrogen) atoms. The highest BCUT2D eigenvalue weighted by atomic mass is 79.9. The summed E-state index contributed by atoms with van der Waals surface area (Å²) in [5.74, 6) is 0. The third-order valence-corrected chi connectivity index (χ3v) is 1.67. The first kappa shape index (κ1) is 17.9. The first-order valence-electron chi connectivity index (χ1n) is 5.49. The molecule has 0 aliphatic heterocycles. The van der Waals surface area contributed by atoms with Gasteiger partial charge in [-0.1, -0.05) is 27.7 Å². The maximum absolute atomic E-state index is 5.14. The van der Waals surface area contributed by atoms with Crippen LogP contribution in [-0.2, 0) is 16.1 Å². The van der Waals surface area contributed by atoms with E-state index in [0.29, 0.717) is 13.4 Å². The molecule has 1 rings (SSSR count). The van der Waals surface area contributed by atoms with Crippen molar-refractivity contribution >= 4 is 15.9 Å². The summed E-state index contributed by atoms with van der Waals surface area (Å²) in [4.78, 5) is 4.00. The molecule has 4 heteroatoms. The summed E-state index contributed by atoms with van der Waals surface area (Å²) in [5.41, 5.74) is 1.03. The van der Waals surface area contributed by atoms with Crippen LogP contribution < -0.4 is 0 Å². The zero-order valence-electron chi connectivity index (χ0n) is 10.8. The van der Waals surface area contributed by atoms with Crippen LogP contribution in [0.3, 0.4) is 0 Å². The molecule has 0 fully saturated rings. The molecular formula is C12H22BrNO2. The van der Waals surface area contributed by atoms with Gasteiger partial charge in [0, 0.05) is 24.0 Å². The van der Waals surface area contributed by atoms with Crippen molar-refractivity contribution in [2.75, 3.05) is 13.9 Å². The summed E-state index contributed by atoms with van der Waals surface area (Å²) >= 11 is 3.32. The van der Waals surface area contributed by atoms with Crippen LogP contribution in [0.4, 0.5) is 0 Å². The van der Waals surface area contributed by atoms with Gasteiger partial charge in [0.2, 0.25) is 0 Å². The number of halogens is 1. The van der Waals surface area contributed by atoms with Crippen LogP contribution in [0.25, 0.3) is 0 Å². The standard InChI is InChI=1S/C8H10BrNO2.2C2H6/c1-11-6-12-5-7-2-8(9)4-10-3-7;2*1-2/h2-4H,5-6H2,1H3;2*1-2H3. The van der Waals surface area contributed by atoms with Crippen molar-refractivity contribution in [3.63, 3.8) is 0 Å². The Morgan fingerprint density at radius 1 is 1.19 bits per heavy atom. The molecule has 0 atom stereocenters. The van der Waals surface area contributed by atoms with E-state index in [9.17, 15) is 0 Å². The molecule has 0 N–H and O–H groups in total. The van der Waals surface area contributed by atoms with Crippen molar-refractivity contribution in [3.05, 3.63) is 28.5 Å². The van der Waals surface area contributed by atoms with Crippen LogP contribution in [0.15, 0.2) is 22.9 Å². The Balaban J connectivity index is 0. The smallest absolute Gasteiger partial charge is 0.146 e. The summed E-state index contributed by atoms with van der Waals surface area (Å²) in [5, 5.41) is 0. The van der Waals surface area contributed by atoms with Gasteiger partial charge in [0.25, 0.3) is 0 Å². The number of pyridine rings is 1. The largest absolute Gasteiger partial charge is 0.359 e. The molecule has 94 valence electrons. The number of rotatable bonds is 4. The van der Waals surface area contributed by atoms with Crippen molar-refractivity contribution < 1.29 is 9.47 Å². The van der Waals surface area contributed by atoms with E-state index in [0.717, 1.165) is 10.0 Å². The normalized spacial score (nSPS) is 8.38. The Kier molecular flexibility index (Phi) is 16.3. The topological polar surface area (TPSA) is 31.4 Å². The van der Waals surface area contributed by atoms with Crippen molar-refractivity contribution in [2.24, 2.45) is 0 Å². The third-order valence-electron chi connectivity index (χ3n) is 1.23. The van der Waals surface area contributed by atoms with Gasteiger partial charge in [-0.2, -0.15) is 0 Å². The second-order valence-electron chi connectivity index (χ2n) is 2.27. The zero-order valence-corrected chi connectivity index (χ0v) is 12.4. The van der Waals surface area contributed by atoms with E-state index in [1.165, 1.54) is 0 Å². The quantitative estimate of drug-likeness (QED) is 0.620. The van der Waals surface area contributed by atoms with Crippen LogP contribution in [0.2, 0.25) is 0 Å². The highest BCUT2D eigenvalue weighted by Crippen LogP contribution is 2.09. The number of methoxy groups -OCH3 is 1. The Labute approximate surface area is 107 Å². The lowest BCUT2D eigenvalue weighted by Crippen LogP contribution is -1.97. The fourth-order valence-electron chi connectivity index (χ4n) is 0.778. The SMILES string of the molecule is CC.CC.COCOCc1cncc(Br)c1. The van der Waals surface area contributed by atoms with Gasteiger partial charge in [-0.05, 0) is 27.6 Å². The molecule has 0 aromatic carbocycles.